The van der Waals surface area contributed by atoms with Crippen LogP contribution in [0.25, 0.3) is 10.6 Å². The van der Waals surface area contributed by atoms with Crippen molar-refractivity contribution in [3.8, 4) is 10.6 Å². The molecule has 1 aliphatic rings. The highest BCUT2D eigenvalue weighted by molar-refractivity contribution is 7.15. The van der Waals surface area contributed by atoms with Crippen molar-refractivity contribution in [2.24, 2.45) is 5.92 Å². The Morgan fingerprint density at radius 2 is 2.06 bits per heavy atom. The van der Waals surface area contributed by atoms with E-state index in [9.17, 15) is 14.7 Å². The maximum absolute atomic E-state index is 13.1. The van der Waals surface area contributed by atoms with Crippen LogP contribution >= 0.6 is 22.9 Å². The fourth-order valence-electron chi connectivity index (χ4n) is 4.40. The average Bonchev–Trinajstić information content (AvgIpc) is 3.36. The van der Waals surface area contributed by atoms with E-state index in [0.29, 0.717) is 23.3 Å². The monoisotopic (exact) mass is 514 g/mol. The largest absolute Gasteiger partial charge is 0.481 e. The number of aliphatic carboxylic acids is 1. The number of hydrogen-bond donors (Lipinski definition) is 1. The van der Waals surface area contributed by atoms with Gasteiger partial charge in [0.25, 0.3) is 0 Å². The molecule has 8 heteroatoms. The smallest absolute Gasteiger partial charge is 0.303 e. The van der Waals surface area contributed by atoms with Crippen molar-refractivity contribution in [2.75, 3.05) is 0 Å². The van der Waals surface area contributed by atoms with Gasteiger partial charge in [-0.3, -0.25) is 9.59 Å². The van der Waals surface area contributed by atoms with Crippen molar-refractivity contribution >= 4 is 34.7 Å². The molecular formula is C27H31ClN2O4S. The predicted octanol–water partition coefficient (Wildman–Crippen LogP) is 6.99. The Kier molecular flexibility index (Phi) is 8.07. The highest BCUT2D eigenvalue weighted by Gasteiger charge is 2.36. The van der Waals surface area contributed by atoms with E-state index in [1.165, 1.54) is 0 Å². The van der Waals surface area contributed by atoms with Gasteiger partial charge in [-0.2, -0.15) is 0 Å². The van der Waals surface area contributed by atoms with Gasteiger partial charge in [0.05, 0.1) is 15.6 Å². The van der Waals surface area contributed by atoms with E-state index in [1.54, 1.807) is 11.3 Å². The third kappa shape index (κ3) is 6.58. The maximum atomic E-state index is 13.1. The lowest BCUT2D eigenvalue weighted by Crippen LogP contribution is -2.13. The lowest BCUT2D eigenvalue weighted by Gasteiger charge is -2.15. The molecule has 186 valence electrons. The Morgan fingerprint density at radius 1 is 1.29 bits per heavy atom. The number of halogens is 1. The number of Topliss-reactive ketones (excluding diaryl/α,β-unsaturated/α-hetero) is 1. The van der Waals surface area contributed by atoms with Crippen LogP contribution in [0.15, 0.2) is 28.9 Å². The summed E-state index contributed by atoms with van der Waals surface area (Å²) >= 11 is 7.96. The van der Waals surface area contributed by atoms with E-state index >= 15 is 0 Å². The predicted molar refractivity (Wildman–Crippen MR) is 137 cm³/mol. The molecule has 1 aliphatic carbocycles. The highest BCUT2D eigenvalue weighted by Crippen LogP contribution is 2.49. The zero-order chi connectivity index (χ0) is 25.1. The number of carbonyl (C=O) groups excluding carboxylic acids is 1. The van der Waals surface area contributed by atoms with Gasteiger partial charge in [-0.15, -0.1) is 11.3 Å². The van der Waals surface area contributed by atoms with Crippen molar-refractivity contribution in [1.82, 2.24) is 10.1 Å². The summed E-state index contributed by atoms with van der Waals surface area (Å²) in [5.74, 6) is 0.366. The van der Waals surface area contributed by atoms with Gasteiger partial charge in [0.15, 0.2) is 5.76 Å². The minimum absolute atomic E-state index is 0.00875. The van der Waals surface area contributed by atoms with Crippen molar-refractivity contribution in [1.29, 1.82) is 0 Å². The van der Waals surface area contributed by atoms with Crippen LogP contribution in [0.5, 0.6) is 0 Å². The Morgan fingerprint density at radius 3 is 2.71 bits per heavy atom. The zero-order valence-electron chi connectivity index (χ0n) is 20.3. The summed E-state index contributed by atoms with van der Waals surface area (Å²) in [6.45, 7) is 6.28. The molecule has 35 heavy (non-hydrogen) atoms. The van der Waals surface area contributed by atoms with E-state index in [4.69, 9.17) is 16.1 Å². The summed E-state index contributed by atoms with van der Waals surface area (Å²) < 4.78 is 5.86. The summed E-state index contributed by atoms with van der Waals surface area (Å²) in [7, 11) is 0. The number of nitrogens with zero attached hydrogens (tertiary/aromatic N) is 2. The number of benzene rings is 1. The van der Waals surface area contributed by atoms with Crippen LogP contribution in [0.4, 0.5) is 0 Å². The minimum atomic E-state index is -0.887. The average molecular weight is 515 g/mol. The van der Waals surface area contributed by atoms with Gasteiger partial charge >= 0.3 is 5.97 Å². The number of carbonyl (C=O) groups is 2. The highest BCUT2D eigenvalue weighted by atomic mass is 35.5. The SMILES string of the molecule is Cc1ccc(CC(=O)C[C@@H](CCC(=O)O)c2noc(-c3cnc(CC(C)C)s3)c2C2CC2)c(Cl)c1. The van der Waals surface area contributed by atoms with E-state index in [2.05, 4.69) is 24.0 Å². The normalized spacial score (nSPS) is 14.4. The Balaban J connectivity index is 1.60. The van der Waals surface area contributed by atoms with Crippen molar-refractivity contribution in [2.45, 2.75) is 77.6 Å². The number of carboxylic acid groups (broad SMARTS) is 1. The van der Waals surface area contributed by atoms with E-state index in [0.717, 1.165) is 57.3 Å². The third-order valence-electron chi connectivity index (χ3n) is 6.27. The fourth-order valence-corrected chi connectivity index (χ4v) is 5.82. The molecule has 2 heterocycles. The molecule has 1 N–H and O–H groups in total. The Labute approximate surface area is 214 Å². The van der Waals surface area contributed by atoms with Crippen molar-refractivity contribution in [3.05, 3.63) is 56.8 Å². The summed E-state index contributed by atoms with van der Waals surface area (Å²) in [6, 6.07) is 5.67. The number of aryl methyl sites for hydroxylation is 1. The van der Waals surface area contributed by atoms with Crippen LogP contribution in [-0.2, 0) is 22.4 Å². The van der Waals surface area contributed by atoms with E-state index in [1.807, 2.05) is 31.3 Å². The van der Waals surface area contributed by atoms with Crippen LogP contribution in [0, 0.1) is 12.8 Å². The second kappa shape index (κ2) is 11.0. The van der Waals surface area contributed by atoms with Crippen molar-refractivity contribution < 1.29 is 19.2 Å². The number of ketones is 1. The summed E-state index contributed by atoms with van der Waals surface area (Å²) in [4.78, 5) is 30.0. The number of hydrogen-bond acceptors (Lipinski definition) is 6. The number of carboxylic acids is 1. The molecule has 0 radical (unpaired) electrons. The summed E-state index contributed by atoms with van der Waals surface area (Å²) in [5.41, 5.74) is 3.58. The molecule has 1 saturated carbocycles. The molecule has 1 atom stereocenters. The van der Waals surface area contributed by atoms with Crippen LogP contribution in [0.1, 0.15) is 85.2 Å². The molecule has 6 nitrogen and oxygen atoms in total. The Bertz CT molecular complexity index is 1210. The van der Waals surface area contributed by atoms with E-state index in [-0.39, 0.29) is 31.0 Å². The Hall–Kier alpha value is -2.51. The molecule has 2 aromatic heterocycles. The van der Waals surface area contributed by atoms with Gasteiger partial charge in [-0.25, -0.2) is 4.98 Å². The first kappa shape index (κ1) is 25.6. The molecule has 4 rings (SSSR count). The number of rotatable bonds is 12. The van der Waals surface area contributed by atoms with Gasteiger partial charge in [-0.1, -0.05) is 42.7 Å². The van der Waals surface area contributed by atoms with Gasteiger partial charge in [0, 0.05) is 48.4 Å². The summed E-state index contributed by atoms with van der Waals surface area (Å²) in [6.07, 6.45) is 5.53. The van der Waals surface area contributed by atoms with Gasteiger partial charge in [0.2, 0.25) is 0 Å². The fraction of sp³-hybridized carbons (Fsp3) is 0.481. The topological polar surface area (TPSA) is 93.3 Å². The molecule has 0 unspecified atom stereocenters. The van der Waals surface area contributed by atoms with Gasteiger partial charge in [0.1, 0.15) is 5.78 Å². The molecule has 1 fully saturated rings. The maximum Gasteiger partial charge on any atom is 0.303 e. The number of thiazole rings is 1. The standard InChI is InChI=1S/C27H31ClN2O4S/c1-15(2)10-23-29-14-22(35-23)27-25(17-6-7-17)26(30-34-27)19(8-9-24(32)33)13-20(31)12-18-5-4-16(3)11-21(18)28/h4-5,11,14-15,17,19H,6-10,12-13H2,1-3H3,(H,32,33)/t19-/m1/s1. The third-order valence-corrected chi connectivity index (χ3v) is 7.64. The molecule has 3 aromatic rings. The lowest BCUT2D eigenvalue weighted by molar-refractivity contribution is -0.137. The quantitative estimate of drug-likeness (QED) is 0.280. The lowest BCUT2D eigenvalue weighted by atomic mass is 9.88. The van der Waals surface area contributed by atoms with E-state index < -0.39 is 5.97 Å². The molecule has 0 spiro atoms. The van der Waals surface area contributed by atoms with Crippen LogP contribution < -0.4 is 0 Å². The molecule has 0 saturated heterocycles. The first-order chi connectivity index (χ1) is 16.7. The number of aromatic nitrogens is 2. The molecule has 0 amide bonds. The second-order valence-electron chi connectivity index (χ2n) is 9.94. The zero-order valence-corrected chi connectivity index (χ0v) is 21.9. The van der Waals surface area contributed by atoms with Crippen LogP contribution in [0.3, 0.4) is 0 Å². The van der Waals surface area contributed by atoms with Gasteiger partial charge in [-0.05, 0) is 55.2 Å². The molecule has 0 bridgehead atoms. The van der Waals surface area contributed by atoms with Gasteiger partial charge < -0.3 is 9.63 Å². The first-order valence-corrected chi connectivity index (χ1v) is 13.3. The summed E-state index contributed by atoms with van der Waals surface area (Å²) in [5, 5.41) is 15.4. The van der Waals surface area contributed by atoms with Crippen LogP contribution in [-0.4, -0.2) is 27.0 Å². The molecule has 0 aliphatic heterocycles. The van der Waals surface area contributed by atoms with Crippen molar-refractivity contribution in [3.63, 3.8) is 0 Å². The first-order valence-electron chi connectivity index (χ1n) is 12.1. The molecule has 1 aromatic carbocycles. The second-order valence-corrected chi connectivity index (χ2v) is 11.5. The molecular weight excluding hydrogens is 484 g/mol. The minimum Gasteiger partial charge on any atom is -0.481 e. The van der Waals surface area contributed by atoms with Crippen LogP contribution in [0.2, 0.25) is 5.02 Å².